The predicted octanol–water partition coefficient (Wildman–Crippen LogP) is 5.56. The minimum Gasteiger partial charge on any atom is -0.494 e. The summed E-state index contributed by atoms with van der Waals surface area (Å²) in [6.45, 7) is 1.45. The fourth-order valence-corrected chi connectivity index (χ4v) is 2.70. The van der Waals surface area contributed by atoms with Gasteiger partial charge in [0.2, 0.25) is 0 Å². The molecule has 0 heterocycles. The maximum atomic E-state index is 5.82. The van der Waals surface area contributed by atoms with E-state index in [0.29, 0.717) is 0 Å². The van der Waals surface area contributed by atoms with Crippen molar-refractivity contribution in [2.45, 2.75) is 19.3 Å². The highest BCUT2D eigenvalue weighted by Gasteiger charge is 1.99. The van der Waals surface area contributed by atoms with Crippen molar-refractivity contribution in [1.29, 1.82) is 0 Å². The zero-order chi connectivity index (χ0) is 18.0. The molecule has 0 spiro atoms. The van der Waals surface area contributed by atoms with Crippen LogP contribution in [0.4, 0.5) is 5.69 Å². The van der Waals surface area contributed by atoms with Crippen molar-refractivity contribution in [1.82, 2.24) is 0 Å². The summed E-state index contributed by atoms with van der Waals surface area (Å²) in [5.41, 5.74) is 8.84. The van der Waals surface area contributed by atoms with Crippen molar-refractivity contribution in [3.8, 4) is 22.6 Å². The second-order valence-electron chi connectivity index (χ2n) is 6.22. The molecule has 0 unspecified atom stereocenters. The minimum absolute atomic E-state index is 0.718. The van der Waals surface area contributed by atoms with E-state index in [1.54, 1.807) is 0 Å². The summed E-state index contributed by atoms with van der Waals surface area (Å²) in [6, 6.07) is 26.1. The average molecular weight is 347 g/mol. The molecule has 0 aliphatic carbocycles. The molecule has 0 saturated heterocycles. The molecule has 134 valence electrons. The molecular formula is C23H25NO2. The summed E-state index contributed by atoms with van der Waals surface area (Å²) in [5.74, 6) is 1.79. The van der Waals surface area contributed by atoms with Crippen LogP contribution < -0.4 is 15.2 Å². The summed E-state index contributed by atoms with van der Waals surface area (Å²) in [5, 5.41) is 0. The molecule has 0 amide bonds. The molecule has 3 rings (SSSR count). The van der Waals surface area contributed by atoms with Crippen LogP contribution >= 0.6 is 0 Å². The third-order valence-corrected chi connectivity index (χ3v) is 4.17. The molecular weight excluding hydrogens is 322 g/mol. The highest BCUT2D eigenvalue weighted by Crippen LogP contribution is 2.22. The Balaban J connectivity index is 1.31. The quantitative estimate of drug-likeness (QED) is 0.407. The Labute approximate surface area is 155 Å². The first-order valence-corrected chi connectivity index (χ1v) is 9.08. The number of hydrogen-bond donors (Lipinski definition) is 1. The van der Waals surface area contributed by atoms with Crippen molar-refractivity contribution in [3.63, 3.8) is 0 Å². The van der Waals surface area contributed by atoms with E-state index in [-0.39, 0.29) is 0 Å². The van der Waals surface area contributed by atoms with Crippen molar-refractivity contribution in [3.05, 3.63) is 78.9 Å². The normalized spacial score (nSPS) is 10.5. The van der Waals surface area contributed by atoms with Gasteiger partial charge in [-0.1, -0.05) is 42.5 Å². The Morgan fingerprint density at radius 1 is 0.538 bits per heavy atom. The Kier molecular flexibility index (Phi) is 6.54. The van der Waals surface area contributed by atoms with Crippen LogP contribution in [0.5, 0.6) is 11.5 Å². The predicted molar refractivity (Wildman–Crippen MR) is 108 cm³/mol. The zero-order valence-corrected chi connectivity index (χ0v) is 14.9. The van der Waals surface area contributed by atoms with Crippen LogP contribution in [-0.4, -0.2) is 13.2 Å². The van der Waals surface area contributed by atoms with Gasteiger partial charge in [-0.3, -0.25) is 0 Å². The minimum atomic E-state index is 0.718. The molecule has 0 radical (unpaired) electrons. The van der Waals surface area contributed by atoms with Crippen LogP contribution in [-0.2, 0) is 0 Å². The molecule has 3 heteroatoms. The lowest BCUT2D eigenvalue weighted by Gasteiger charge is -2.08. The van der Waals surface area contributed by atoms with Gasteiger partial charge in [0, 0.05) is 5.69 Å². The van der Waals surface area contributed by atoms with Gasteiger partial charge in [0.1, 0.15) is 11.5 Å². The van der Waals surface area contributed by atoms with Gasteiger partial charge in [0.05, 0.1) is 13.2 Å². The molecule has 0 atom stereocenters. The average Bonchev–Trinajstić information content (AvgIpc) is 2.70. The van der Waals surface area contributed by atoms with E-state index < -0.39 is 0 Å². The summed E-state index contributed by atoms with van der Waals surface area (Å²) in [7, 11) is 0. The van der Waals surface area contributed by atoms with Crippen molar-refractivity contribution < 1.29 is 9.47 Å². The highest BCUT2D eigenvalue weighted by molar-refractivity contribution is 5.63. The summed E-state index contributed by atoms with van der Waals surface area (Å²) in [6.07, 6.45) is 3.11. The van der Waals surface area contributed by atoms with Crippen LogP contribution in [0.1, 0.15) is 19.3 Å². The fourth-order valence-electron chi connectivity index (χ4n) is 2.70. The lowest BCUT2D eigenvalue weighted by atomic mass is 10.1. The zero-order valence-electron chi connectivity index (χ0n) is 14.9. The standard InChI is InChI=1S/C23H25NO2/c24-21-11-15-23(16-12-21)26-18-6-2-5-17-25-22-13-9-20(10-14-22)19-7-3-1-4-8-19/h1,3-4,7-16H,2,5-6,17-18,24H2. The first kappa shape index (κ1) is 17.9. The SMILES string of the molecule is Nc1ccc(OCCCCCOc2ccc(-c3ccccc3)cc2)cc1. The van der Waals surface area contributed by atoms with E-state index in [0.717, 1.165) is 49.7 Å². The lowest BCUT2D eigenvalue weighted by Crippen LogP contribution is -2.01. The second kappa shape index (κ2) is 9.52. The Hall–Kier alpha value is -2.94. The molecule has 0 aliphatic rings. The Bertz CT molecular complexity index is 768. The number of anilines is 1. The molecule has 3 aromatic rings. The first-order valence-electron chi connectivity index (χ1n) is 9.08. The highest BCUT2D eigenvalue weighted by atomic mass is 16.5. The molecule has 3 aromatic carbocycles. The smallest absolute Gasteiger partial charge is 0.119 e. The fraction of sp³-hybridized carbons (Fsp3) is 0.217. The third-order valence-electron chi connectivity index (χ3n) is 4.17. The van der Waals surface area contributed by atoms with Gasteiger partial charge < -0.3 is 15.2 Å². The molecule has 26 heavy (non-hydrogen) atoms. The van der Waals surface area contributed by atoms with Gasteiger partial charge in [-0.25, -0.2) is 0 Å². The number of nitrogen functional groups attached to an aromatic ring is 1. The molecule has 2 N–H and O–H groups in total. The van der Waals surface area contributed by atoms with Gasteiger partial charge >= 0.3 is 0 Å². The topological polar surface area (TPSA) is 44.5 Å². The molecule has 0 aromatic heterocycles. The molecule has 3 nitrogen and oxygen atoms in total. The second-order valence-corrected chi connectivity index (χ2v) is 6.22. The number of nitrogens with two attached hydrogens (primary N) is 1. The summed E-state index contributed by atoms with van der Waals surface area (Å²) < 4.78 is 11.5. The van der Waals surface area contributed by atoms with E-state index in [9.17, 15) is 0 Å². The van der Waals surface area contributed by atoms with Gasteiger partial charge in [0.25, 0.3) is 0 Å². The van der Waals surface area contributed by atoms with Crippen LogP contribution in [0.3, 0.4) is 0 Å². The monoisotopic (exact) mass is 347 g/mol. The van der Waals surface area contributed by atoms with Crippen molar-refractivity contribution in [2.24, 2.45) is 0 Å². The lowest BCUT2D eigenvalue weighted by molar-refractivity contribution is 0.279. The van der Waals surface area contributed by atoms with E-state index >= 15 is 0 Å². The summed E-state index contributed by atoms with van der Waals surface area (Å²) >= 11 is 0. The van der Waals surface area contributed by atoms with E-state index in [1.165, 1.54) is 11.1 Å². The summed E-state index contributed by atoms with van der Waals surface area (Å²) in [4.78, 5) is 0. The van der Waals surface area contributed by atoms with Gasteiger partial charge in [-0.15, -0.1) is 0 Å². The number of rotatable bonds is 9. The van der Waals surface area contributed by atoms with Crippen molar-refractivity contribution >= 4 is 5.69 Å². The van der Waals surface area contributed by atoms with Crippen LogP contribution in [0.25, 0.3) is 11.1 Å². The van der Waals surface area contributed by atoms with Gasteiger partial charge in [-0.05, 0) is 66.8 Å². The van der Waals surface area contributed by atoms with Crippen LogP contribution in [0.15, 0.2) is 78.9 Å². The number of hydrogen-bond acceptors (Lipinski definition) is 3. The van der Waals surface area contributed by atoms with E-state index in [4.69, 9.17) is 15.2 Å². The third kappa shape index (κ3) is 5.55. The van der Waals surface area contributed by atoms with Crippen molar-refractivity contribution in [2.75, 3.05) is 18.9 Å². The Morgan fingerprint density at radius 2 is 1.04 bits per heavy atom. The molecule has 0 bridgehead atoms. The number of unbranched alkanes of at least 4 members (excludes halogenated alkanes) is 2. The van der Waals surface area contributed by atoms with Gasteiger partial charge in [-0.2, -0.15) is 0 Å². The maximum absolute atomic E-state index is 5.82. The number of benzene rings is 3. The maximum Gasteiger partial charge on any atom is 0.119 e. The molecule has 0 aliphatic heterocycles. The van der Waals surface area contributed by atoms with E-state index in [2.05, 4.69) is 36.4 Å². The number of ether oxygens (including phenoxy) is 2. The van der Waals surface area contributed by atoms with E-state index in [1.807, 2.05) is 42.5 Å². The van der Waals surface area contributed by atoms with Crippen LogP contribution in [0.2, 0.25) is 0 Å². The van der Waals surface area contributed by atoms with Gasteiger partial charge in [0.15, 0.2) is 0 Å². The van der Waals surface area contributed by atoms with Crippen LogP contribution in [0, 0.1) is 0 Å². The largest absolute Gasteiger partial charge is 0.494 e. The first-order chi connectivity index (χ1) is 12.8. The molecule has 0 fully saturated rings. The molecule has 0 saturated carbocycles. The Morgan fingerprint density at radius 3 is 1.62 bits per heavy atom.